The number of carbonyl (C=O) groups is 2. The molecule has 1 aliphatic rings. The third kappa shape index (κ3) is 6.12. The van der Waals surface area contributed by atoms with Gasteiger partial charge in [0.05, 0.1) is 0 Å². The third-order valence-corrected chi connectivity index (χ3v) is 5.97. The molecule has 0 radical (unpaired) electrons. The number of carbonyl (C=O) groups excluding carboxylic acids is 2. The number of rotatable bonds is 8. The lowest BCUT2D eigenvalue weighted by Gasteiger charge is -2.42. The van der Waals surface area contributed by atoms with Crippen molar-refractivity contribution in [2.75, 3.05) is 19.6 Å². The number of likely N-dealkylation sites (tertiary alicyclic amines) is 1. The molecule has 2 aromatic carbocycles. The number of ether oxygens (including phenoxy) is 1. The average molecular weight is 448 g/mol. The van der Waals surface area contributed by atoms with Gasteiger partial charge in [-0.1, -0.05) is 23.7 Å². The van der Waals surface area contributed by atoms with E-state index in [1.54, 1.807) is 12.1 Å². The topological polar surface area (TPSA) is 66.8 Å². The summed E-state index contributed by atoms with van der Waals surface area (Å²) in [7, 11) is 0. The summed E-state index contributed by atoms with van der Waals surface area (Å²) in [4.78, 5) is 26.7. The fourth-order valence-corrected chi connectivity index (χ4v) is 3.99. The Morgan fingerprint density at radius 2 is 1.74 bits per heavy atom. The van der Waals surface area contributed by atoms with Crippen LogP contribution in [-0.2, 0) is 15.1 Å². The number of hydrogen-bond acceptors (Lipinski definition) is 5. The summed E-state index contributed by atoms with van der Waals surface area (Å²) in [5.74, 6) is -1.00. The van der Waals surface area contributed by atoms with Crippen molar-refractivity contribution in [1.82, 2.24) is 4.90 Å². The van der Waals surface area contributed by atoms with Crippen LogP contribution in [0.1, 0.15) is 48.5 Å². The second-order valence-electron chi connectivity index (χ2n) is 7.97. The van der Waals surface area contributed by atoms with Crippen molar-refractivity contribution in [3.63, 3.8) is 0 Å². The highest BCUT2D eigenvalue weighted by atomic mass is 35.5. The monoisotopic (exact) mass is 447 g/mol. The molecular weight excluding hydrogens is 421 g/mol. The van der Waals surface area contributed by atoms with Gasteiger partial charge >= 0.3 is 5.97 Å². The molecule has 0 saturated carbocycles. The molecule has 0 aromatic heterocycles. The first-order valence-corrected chi connectivity index (χ1v) is 10.8. The second kappa shape index (κ2) is 10.4. The highest BCUT2D eigenvalue weighted by Crippen LogP contribution is 2.38. The zero-order chi connectivity index (χ0) is 22.4. The van der Waals surface area contributed by atoms with E-state index in [4.69, 9.17) is 16.3 Å². The van der Waals surface area contributed by atoms with Crippen LogP contribution in [0, 0.1) is 5.82 Å². The molecule has 3 rings (SSSR count). The largest absolute Gasteiger partial charge is 0.452 e. The standard InChI is InChI=1S/C24H27ClFNO4/c1-17(28)23(30)31-24(19-6-8-20(25)9-7-19)12-15-27(16-13-24)14-2-3-22(29)18-4-10-21(26)11-5-18/h4-11,17,28H,2-3,12-16H2,1H3. The normalized spacial score (nSPS) is 17.2. The zero-order valence-electron chi connectivity index (χ0n) is 17.5. The van der Waals surface area contributed by atoms with Crippen LogP contribution < -0.4 is 0 Å². The van der Waals surface area contributed by atoms with Gasteiger partial charge in [0.2, 0.25) is 0 Å². The highest BCUT2D eigenvalue weighted by molar-refractivity contribution is 6.30. The highest BCUT2D eigenvalue weighted by Gasteiger charge is 2.40. The quantitative estimate of drug-likeness (QED) is 0.481. The van der Waals surface area contributed by atoms with Gasteiger partial charge in [0.1, 0.15) is 17.5 Å². The smallest absolute Gasteiger partial charge is 0.335 e. The summed E-state index contributed by atoms with van der Waals surface area (Å²) in [5.41, 5.74) is 0.572. The lowest BCUT2D eigenvalue weighted by molar-refractivity contribution is -0.176. The maximum absolute atomic E-state index is 13.0. The molecule has 0 bridgehead atoms. The summed E-state index contributed by atoms with van der Waals surface area (Å²) in [5, 5.41) is 10.2. The Kier molecular flexibility index (Phi) is 7.81. The Hall–Kier alpha value is -2.28. The summed E-state index contributed by atoms with van der Waals surface area (Å²) in [6.07, 6.45) is 1.05. The first kappa shape index (κ1) is 23.4. The molecule has 5 nitrogen and oxygen atoms in total. The molecule has 1 aliphatic heterocycles. The molecule has 1 N–H and O–H groups in total. The maximum atomic E-state index is 13.0. The van der Waals surface area contributed by atoms with Crippen LogP contribution in [0.25, 0.3) is 0 Å². The Morgan fingerprint density at radius 1 is 1.13 bits per heavy atom. The predicted molar refractivity (Wildman–Crippen MR) is 117 cm³/mol. The van der Waals surface area contributed by atoms with Crippen molar-refractivity contribution in [3.05, 3.63) is 70.5 Å². The van der Waals surface area contributed by atoms with E-state index in [2.05, 4.69) is 4.90 Å². The van der Waals surface area contributed by atoms with Crippen molar-refractivity contribution < 1.29 is 23.8 Å². The van der Waals surface area contributed by atoms with Gasteiger partial charge in [-0.25, -0.2) is 9.18 Å². The van der Waals surface area contributed by atoms with E-state index in [0.717, 1.165) is 12.1 Å². The Bertz CT molecular complexity index is 891. The molecule has 2 aromatic rings. The molecule has 1 saturated heterocycles. The van der Waals surface area contributed by atoms with Crippen LogP contribution >= 0.6 is 11.6 Å². The van der Waals surface area contributed by atoms with Gasteiger partial charge in [-0.3, -0.25) is 4.79 Å². The van der Waals surface area contributed by atoms with Gasteiger partial charge < -0.3 is 14.7 Å². The van der Waals surface area contributed by atoms with Crippen molar-refractivity contribution in [3.8, 4) is 0 Å². The van der Waals surface area contributed by atoms with Gasteiger partial charge in [0.25, 0.3) is 0 Å². The molecule has 1 unspecified atom stereocenters. The molecule has 0 aliphatic carbocycles. The Morgan fingerprint density at radius 3 is 2.32 bits per heavy atom. The molecule has 1 fully saturated rings. The minimum Gasteiger partial charge on any atom is -0.452 e. The van der Waals surface area contributed by atoms with Crippen LogP contribution in [-0.4, -0.2) is 47.5 Å². The first-order valence-electron chi connectivity index (χ1n) is 10.5. The summed E-state index contributed by atoms with van der Waals surface area (Å²) in [6, 6.07) is 12.9. The minimum absolute atomic E-state index is 0.00150. The van der Waals surface area contributed by atoms with Crippen molar-refractivity contribution in [2.45, 2.75) is 44.3 Å². The van der Waals surface area contributed by atoms with Crippen LogP contribution in [0.15, 0.2) is 48.5 Å². The summed E-state index contributed by atoms with van der Waals surface area (Å²) in [6.45, 7) is 3.53. The average Bonchev–Trinajstić information content (AvgIpc) is 2.75. The number of aliphatic hydroxyl groups excluding tert-OH is 1. The van der Waals surface area contributed by atoms with E-state index in [0.29, 0.717) is 49.4 Å². The second-order valence-corrected chi connectivity index (χ2v) is 8.41. The van der Waals surface area contributed by atoms with E-state index in [-0.39, 0.29) is 11.6 Å². The summed E-state index contributed by atoms with van der Waals surface area (Å²) < 4.78 is 18.8. The first-order chi connectivity index (χ1) is 14.8. The Balaban J connectivity index is 1.57. The molecule has 0 amide bonds. The van der Waals surface area contributed by atoms with Gasteiger partial charge in [0.15, 0.2) is 5.78 Å². The van der Waals surface area contributed by atoms with Crippen molar-refractivity contribution in [1.29, 1.82) is 0 Å². The lowest BCUT2D eigenvalue weighted by Crippen LogP contribution is -2.46. The lowest BCUT2D eigenvalue weighted by atomic mass is 9.84. The Labute approximate surface area is 186 Å². The van der Waals surface area contributed by atoms with Crippen molar-refractivity contribution in [2.24, 2.45) is 0 Å². The van der Waals surface area contributed by atoms with E-state index in [9.17, 15) is 19.1 Å². The predicted octanol–water partition coefficient (Wildman–Crippen LogP) is 4.36. The van der Waals surface area contributed by atoms with Crippen LogP contribution in [0.4, 0.5) is 4.39 Å². The zero-order valence-corrected chi connectivity index (χ0v) is 18.3. The van der Waals surface area contributed by atoms with Crippen LogP contribution in [0.3, 0.4) is 0 Å². The molecular formula is C24H27ClFNO4. The number of aliphatic hydroxyl groups is 1. The molecule has 31 heavy (non-hydrogen) atoms. The number of Topliss-reactive ketones (excluding diaryl/α,β-unsaturated/α-hetero) is 1. The van der Waals surface area contributed by atoms with Gasteiger partial charge in [-0.2, -0.15) is 0 Å². The fraction of sp³-hybridized carbons (Fsp3) is 0.417. The van der Waals surface area contributed by atoms with E-state index in [1.807, 2.05) is 12.1 Å². The van der Waals surface area contributed by atoms with Gasteiger partial charge in [-0.05, 0) is 61.9 Å². The number of piperidine rings is 1. The van der Waals surface area contributed by atoms with E-state index < -0.39 is 17.7 Å². The van der Waals surface area contributed by atoms with Crippen LogP contribution in [0.5, 0.6) is 0 Å². The third-order valence-electron chi connectivity index (χ3n) is 5.72. The minimum atomic E-state index is -1.19. The van der Waals surface area contributed by atoms with Crippen molar-refractivity contribution >= 4 is 23.4 Å². The van der Waals surface area contributed by atoms with E-state index in [1.165, 1.54) is 31.2 Å². The van der Waals surface area contributed by atoms with Gasteiger partial charge in [-0.15, -0.1) is 0 Å². The number of esters is 1. The molecule has 1 atom stereocenters. The SMILES string of the molecule is CC(O)C(=O)OC1(c2ccc(Cl)cc2)CCN(CCCC(=O)c2ccc(F)cc2)CC1. The van der Waals surface area contributed by atoms with Gasteiger partial charge in [0, 0.05) is 42.9 Å². The van der Waals surface area contributed by atoms with Crippen LogP contribution in [0.2, 0.25) is 5.02 Å². The number of ketones is 1. The number of halogens is 2. The molecule has 166 valence electrons. The number of hydrogen-bond donors (Lipinski definition) is 1. The van der Waals surface area contributed by atoms with E-state index >= 15 is 0 Å². The molecule has 7 heteroatoms. The molecule has 0 spiro atoms. The number of benzene rings is 2. The summed E-state index contributed by atoms with van der Waals surface area (Å²) >= 11 is 6.01. The fourth-order valence-electron chi connectivity index (χ4n) is 3.86. The maximum Gasteiger partial charge on any atom is 0.335 e. The number of nitrogens with zero attached hydrogens (tertiary/aromatic N) is 1. The molecule has 1 heterocycles.